The fraction of sp³-hybridized carbons (Fsp3) is 0.381. The van der Waals surface area contributed by atoms with Crippen molar-refractivity contribution in [1.82, 2.24) is 0 Å². The quantitative estimate of drug-likeness (QED) is 0.647. The number of aliphatic hydroxyl groups is 1. The second kappa shape index (κ2) is 8.11. The number of carbonyl (C=O) groups is 1. The molecule has 0 aromatic heterocycles. The first-order chi connectivity index (χ1) is 14.6. The molecule has 0 saturated heterocycles. The fourth-order valence-corrected chi connectivity index (χ4v) is 7.00. The highest BCUT2D eigenvalue weighted by molar-refractivity contribution is 7.92. The number of nitrogens with one attached hydrogen (secondary N) is 1. The lowest BCUT2D eigenvalue weighted by Crippen LogP contribution is -2.37. The Hall–Kier alpha value is -2.10. The van der Waals surface area contributed by atoms with Crippen LogP contribution in [0.15, 0.2) is 35.2 Å². The molecule has 0 heterocycles. The third-order valence-corrected chi connectivity index (χ3v) is 8.84. The molecule has 0 spiro atoms. The molecular formula is C21H19ClF3NO4S. The second-order valence-electron chi connectivity index (χ2n) is 8.08. The minimum atomic E-state index is -3.88. The lowest BCUT2D eigenvalue weighted by atomic mass is 9.86. The third kappa shape index (κ3) is 4.06. The van der Waals surface area contributed by atoms with Gasteiger partial charge in [0, 0.05) is 23.4 Å². The summed E-state index contributed by atoms with van der Waals surface area (Å²) in [6.45, 7) is 0. The molecule has 1 unspecified atom stereocenters. The standard InChI is InChI=1S/C21H19ClF3NO4S/c22-15-4-3-12(21(28)26-13-8-16(23)19(25)17(24)9-13)7-18(15)31(29,30)14-5-10-1-2-11(6-14)20(10)27/h3-4,7-11,14,20,27H,1-2,5-6H2,(H,26,28)/t10-,11?,14-,20-/m0/s1. The summed E-state index contributed by atoms with van der Waals surface area (Å²) >= 11 is 6.14. The topological polar surface area (TPSA) is 83.5 Å². The van der Waals surface area contributed by atoms with Gasteiger partial charge in [0.25, 0.3) is 5.91 Å². The Labute approximate surface area is 182 Å². The van der Waals surface area contributed by atoms with Gasteiger partial charge in [0.1, 0.15) is 0 Å². The predicted molar refractivity (Wildman–Crippen MR) is 108 cm³/mol. The highest BCUT2D eigenvalue weighted by Gasteiger charge is 2.46. The molecular weight excluding hydrogens is 455 g/mol. The number of aliphatic hydroxyl groups excluding tert-OH is 1. The molecule has 2 saturated carbocycles. The highest BCUT2D eigenvalue weighted by atomic mass is 35.5. The molecule has 2 aromatic rings. The molecule has 5 nitrogen and oxygen atoms in total. The van der Waals surface area contributed by atoms with Crippen molar-refractivity contribution in [3.63, 3.8) is 0 Å². The summed E-state index contributed by atoms with van der Waals surface area (Å²) in [6, 6.07) is 4.90. The maximum atomic E-state index is 13.4. The summed E-state index contributed by atoms with van der Waals surface area (Å²) in [5.74, 6) is -5.59. The van der Waals surface area contributed by atoms with E-state index in [-0.39, 0.29) is 33.0 Å². The van der Waals surface area contributed by atoms with Crippen LogP contribution in [0.4, 0.5) is 18.9 Å². The smallest absolute Gasteiger partial charge is 0.255 e. The Balaban J connectivity index is 1.60. The zero-order chi connectivity index (χ0) is 22.5. The van der Waals surface area contributed by atoms with Crippen LogP contribution >= 0.6 is 11.6 Å². The predicted octanol–water partition coefficient (Wildman–Crippen LogP) is 4.33. The molecule has 2 aliphatic carbocycles. The van der Waals surface area contributed by atoms with Gasteiger partial charge in [0.2, 0.25) is 0 Å². The molecule has 4 atom stereocenters. The van der Waals surface area contributed by atoms with Gasteiger partial charge >= 0.3 is 0 Å². The zero-order valence-electron chi connectivity index (χ0n) is 16.1. The van der Waals surface area contributed by atoms with Crippen LogP contribution in [0.3, 0.4) is 0 Å². The number of hydrogen-bond donors (Lipinski definition) is 2. The number of rotatable bonds is 4. The highest BCUT2D eigenvalue weighted by Crippen LogP contribution is 2.46. The summed E-state index contributed by atoms with van der Waals surface area (Å²) in [5.41, 5.74) is -0.412. The van der Waals surface area contributed by atoms with Gasteiger partial charge in [-0.2, -0.15) is 0 Å². The van der Waals surface area contributed by atoms with Gasteiger partial charge in [-0.1, -0.05) is 11.6 Å². The van der Waals surface area contributed by atoms with E-state index in [1.165, 1.54) is 12.1 Å². The average Bonchev–Trinajstić information content (AvgIpc) is 2.91. The van der Waals surface area contributed by atoms with Crippen LogP contribution in [0.5, 0.6) is 0 Å². The summed E-state index contributed by atoms with van der Waals surface area (Å²) in [5, 5.41) is 11.6. The van der Waals surface area contributed by atoms with Gasteiger partial charge in [-0.3, -0.25) is 4.79 Å². The van der Waals surface area contributed by atoms with Gasteiger partial charge < -0.3 is 10.4 Å². The monoisotopic (exact) mass is 473 g/mol. The van der Waals surface area contributed by atoms with Crippen molar-refractivity contribution in [3.05, 3.63) is 58.4 Å². The summed E-state index contributed by atoms with van der Waals surface area (Å²) in [6.07, 6.45) is 1.70. The van der Waals surface area contributed by atoms with E-state index in [4.69, 9.17) is 11.6 Å². The first-order valence-corrected chi connectivity index (χ1v) is 11.7. The molecule has 10 heteroatoms. The van der Waals surface area contributed by atoms with Crippen molar-refractivity contribution in [2.75, 3.05) is 5.32 Å². The van der Waals surface area contributed by atoms with E-state index in [0.29, 0.717) is 25.0 Å². The van der Waals surface area contributed by atoms with Crippen LogP contribution in [0.2, 0.25) is 5.02 Å². The molecule has 0 aliphatic heterocycles. The molecule has 2 N–H and O–H groups in total. The number of anilines is 1. The van der Waals surface area contributed by atoms with Crippen LogP contribution in [-0.2, 0) is 9.84 Å². The molecule has 0 radical (unpaired) electrons. The number of amides is 1. The van der Waals surface area contributed by atoms with Crippen molar-refractivity contribution < 1.29 is 31.5 Å². The van der Waals surface area contributed by atoms with E-state index in [0.717, 1.165) is 18.9 Å². The lowest BCUT2D eigenvalue weighted by molar-refractivity contribution is 0.0618. The van der Waals surface area contributed by atoms with E-state index in [1.807, 2.05) is 0 Å². The summed E-state index contributed by atoms with van der Waals surface area (Å²) in [4.78, 5) is 12.3. The Morgan fingerprint density at radius 2 is 1.61 bits per heavy atom. The normalized spacial score (nSPS) is 25.5. The molecule has 2 aromatic carbocycles. The van der Waals surface area contributed by atoms with Gasteiger partial charge in [0.05, 0.1) is 21.3 Å². The Kier molecular flexibility index (Phi) is 5.78. The number of fused-ring (bicyclic) bond motifs is 2. The van der Waals surface area contributed by atoms with Gasteiger partial charge in [0.15, 0.2) is 27.3 Å². The van der Waals surface area contributed by atoms with Crippen molar-refractivity contribution in [2.24, 2.45) is 11.8 Å². The SMILES string of the molecule is O=C(Nc1cc(F)c(F)c(F)c1)c1ccc(Cl)c(S(=O)(=O)[C@@H]2CC3CC[C@@H](C2)[C@@H]3O)c1. The van der Waals surface area contributed by atoms with Crippen LogP contribution in [0.25, 0.3) is 0 Å². The van der Waals surface area contributed by atoms with E-state index in [1.54, 1.807) is 0 Å². The van der Waals surface area contributed by atoms with Crippen molar-refractivity contribution in [1.29, 1.82) is 0 Å². The largest absolute Gasteiger partial charge is 0.393 e. The Bertz CT molecular complexity index is 1120. The maximum absolute atomic E-state index is 13.4. The molecule has 4 rings (SSSR count). The van der Waals surface area contributed by atoms with Crippen molar-refractivity contribution >= 4 is 33.0 Å². The minimum absolute atomic E-state index is 0.0473. The van der Waals surface area contributed by atoms with Crippen LogP contribution < -0.4 is 5.32 Å². The fourth-order valence-electron chi connectivity index (χ4n) is 4.57. The van der Waals surface area contributed by atoms with Gasteiger partial charge in [-0.25, -0.2) is 21.6 Å². The molecule has 1 amide bonds. The zero-order valence-corrected chi connectivity index (χ0v) is 17.7. The van der Waals surface area contributed by atoms with E-state index in [2.05, 4.69) is 5.32 Å². The average molecular weight is 474 g/mol. The Morgan fingerprint density at radius 3 is 2.19 bits per heavy atom. The first-order valence-electron chi connectivity index (χ1n) is 9.75. The molecule has 31 heavy (non-hydrogen) atoms. The second-order valence-corrected chi connectivity index (χ2v) is 10.7. The third-order valence-electron chi connectivity index (χ3n) is 6.19. The van der Waals surface area contributed by atoms with E-state index < -0.39 is 44.5 Å². The molecule has 166 valence electrons. The maximum Gasteiger partial charge on any atom is 0.255 e. The van der Waals surface area contributed by atoms with Crippen LogP contribution in [-0.4, -0.2) is 30.8 Å². The van der Waals surface area contributed by atoms with Gasteiger partial charge in [-0.05, 0) is 55.7 Å². The van der Waals surface area contributed by atoms with E-state index in [9.17, 15) is 31.5 Å². The lowest BCUT2D eigenvalue weighted by Gasteiger charge is -2.32. The molecule has 2 aliphatic rings. The minimum Gasteiger partial charge on any atom is -0.393 e. The summed E-state index contributed by atoms with van der Waals surface area (Å²) < 4.78 is 66.4. The number of halogens is 4. The van der Waals surface area contributed by atoms with Gasteiger partial charge in [-0.15, -0.1) is 0 Å². The number of hydrogen-bond acceptors (Lipinski definition) is 4. The molecule has 2 fully saturated rings. The van der Waals surface area contributed by atoms with Crippen LogP contribution in [0.1, 0.15) is 36.0 Å². The number of carbonyl (C=O) groups excluding carboxylic acids is 1. The molecule has 2 bridgehead atoms. The van der Waals surface area contributed by atoms with Crippen LogP contribution in [0, 0.1) is 29.3 Å². The van der Waals surface area contributed by atoms with Crippen molar-refractivity contribution in [2.45, 2.75) is 41.9 Å². The number of sulfone groups is 1. The van der Waals surface area contributed by atoms with E-state index >= 15 is 0 Å². The first kappa shape index (κ1) is 22.1. The van der Waals surface area contributed by atoms with Crippen molar-refractivity contribution in [3.8, 4) is 0 Å². The number of benzene rings is 2. The Morgan fingerprint density at radius 1 is 1.03 bits per heavy atom. The summed E-state index contributed by atoms with van der Waals surface area (Å²) in [7, 11) is -3.88.